The van der Waals surface area contributed by atoms with E-state index in [1.54, 1.807) is 6.07 Å². The molecule has 9 heteroatoms. The van der Waals surface area contributed by atoms with Crippen LogP contribution in [0.1, 0.15) is 46.5 Å². The summed E-state index contributed by atoms with van der Waals surface area (Å²) in [6.07, 6.45) is 5.30. The zero-order valence-electron chi connectivity index (χ0n) is 20.8. The van der Waals surface area contributed by atoms with Gasteiger partial charge < -0.3 is 19.8 Å². The molecule has 0 spiro atoms. The quantitative estimate of drug-likeness (QED) is 0.415. The van der Waals surface area contributed by atoms with E-state index in [0.29, 0.717) is 17.1 Å². The fraction of sp³-hybridized carbons (Fsp3) is 0.500. The molecular weight excluding hydrogens is 486 g/mol. The fourth-order valence-corrected chi connectivity index (χ4v) is 7.15. The van der Waals surface area contributed by atoms with Gasteiger partial charge in [-0.15, -0.1) is 11.8 Å². The van der Waals surface area contributed by atoms with Crippen molar-refractivity contribution in [2.75, 3.05) is 30.1 Å². The molecule has 0 saturated carbocycles. The lowest BCUT2D eigenvalue weighted by Crippen LogP contribution is -2.41. The molecule has 0 bridgehead atoms. The number of rotatable bonds is 10. The number of carboxylic acid groups (broad SMARTS) is 1. The Kier molecular flexibility index (Phi) is 8.44. The van der Waals surface area contributed by atoms with Crippen molar-refractivity contribution in [1.29, 1.82) is 0 Å². The third-order valence-electron chi connectivity index (χ3n) is 6.71. The summed E-state index contributed by atoms with van der Waals surface area (Å²) < 4.78 is 33.4. The number of para-hydroxylation sites is 1. The first-order chi connectivity index (χ1) is 16.5. The van der Waals surface area contributed by atoms with E-state index in [9.17, 15) is 23.4 Å². The van der Waals surface area contributed by atoms with Crippen molar-refractivity contribution >= 4 is 38.9 Å². The molecule has 7 nitrogen and oxygen atoms in total. The van der Waals surface area contributed by atoms with E-state index >= 15 is 0 Å². The molecule has 0 saturated heterocycles. The molecule has 0 aromatic heterocycles. The fourth-order valence-electron chi connectivity index (χ4n) is 4.42. The van der Waals surface area contributed by atoms with Crippen LogP contribution in [-0.2, 0) is 14.6 Å². The molecule has 2 aromatic rings. The number of benzene rings is 2. The molecule has 0 aliphatic carbocycles. The summed E-state index contributed by atoms with van der Waals surface area (Å²) in [6.45, 7) is 5.38. The summed E-state index contributed by atoms with van der Waals surface area (Å²) >= 11 is 1.38. The van der Waals surface area contributed by atoms with Gasteiger partial charge in [0, 0.05) is 23.7 Å². The van der Waals surface area contributed by atoms with Gasteiger partial charge in [-0.05, 0) is 44.2 Å². The van der Waals surface area contributed by atoms with Gasteiger partial charge in [-0.2, -0.15) is 0 Å². The smallest absolute Gasteiger partial charge is 0.339 e. The largest absolute Gasteiger partial charge is 0.489 e. The van der Waals surface area contributed by atoms with Crippen molar-refractivity contribution in [3.05, 3.63) is 42.5 Å². The number of carbonyl (C=O) groups is 1. The van der Waals surface area contributed by atoms with Crippen LogP contribution in [0.4, 0.5) is 11.4 Å². The van der Waals surface area contributed by atoms with Crippen LogP contribution in [0.5, 0.6) is 5.75 Å². The van der Waals surface area contributed by atoms with Crippen molar-refractivity contribution in [3.63, 3.8) is 0 Å². The van der Waals surface area contributed by atoms with E-state index in [1.165, 1.54) is 17.8 Å². The van der Waals surface area contributed by atoms with Crippen molar-refractivity contribution in [2.45, 2.75) is 61.8 Å². The lowest BCUT2D eigenvalue weighted by Gasteiger charge is -2.36. The lowest BCUT2D eigenvalue weighted by atomic mass is 9.81. The van der Waals surface area contributed by atoms with Gasteiger partial charge in [0.2, 0.25) is 0 Å². The summed E-state index contributed by atoms with van der Waals surface area (Å²) in [7, 11) is -3.70. The number of anilines is 2. The highest BCUT2D eigenvalue weighted by Crippen LogP contribution is 2.47. The molecule has 192 valence electrons. The molecule has 2 N–H and O–H groups in total. The Morgan fingerprint density at radius 2 is 1.91 bits per heavy atom. The molecule has 3 rings (SSSR count). The SMILES string of the molecule is CCCCC1(CC)CN(c2ccccc2)c2cc(SC)c(OC[C@](C)(O)C(=O)O)cc2S(=O)(=O)C1. The van der Waals surface area contributed by atoms with Gasteiger partial charge in [0.05, 0.1) is 21.2 Å². The number of carboxylic acids is 1. The van der Waals surface area contributed by atoms with Gasteiger partial charge >= 0.3 is 5.97 Å². The predicted molar refractivity (Wildman–Crippen MR) is 140 cm³/mol. The van der Waals surface area contributed by atoms with Crippen LogP contribution in [-0.4, -0.2) is 55.4 Å². The van der Waals surface area contributed by atoms with E-state index in [-0.39, 0.29) is 16.4 Å². The van der Waals surface area contributed by atoms with Crippen LogP contribution in [0.25, 0.3) is 0 Å². The van der Waals surface area contributed by atoms with Crippen molar-refractivity contribution in [1.82, 2.24) is 0 Å². The van der Waals surface area contributed by atoms with E-state index in [0.717, 1.165) is 38.3 Å². The van der Waals surface area contributed by atoms with E-state index in [2.05, 4.69) is 18.7 Å². The third kappa shape index (κ3) is 5.95. The van der Waals surface area contributed by atoms with Gasteiger partial charge in [0.25, 0.3) is 0 Å². The molecule has 2 atom stereocenters. The molecule has 1 aliphatic heterocycles. The van der Waals surface area contributed by atoms with Gasteiger partial charge in [-0.3, -0.25) is 0 Å². The molecule has 35 heavy (non-hydrogen) atoms. The van der Waals surface area contributed by atoms with Gasteiger partial charge in [0.15, 0.2) is 15.4 Å². The maximum Gasteiger partial charge on any atom is 0.339 e. The monoisotopic (exact) mass is 521 g/mol. The van der Waals surface area contributed by atoms with Gasteiger partial charge in [-0.25, -0.2) is 13.2 Å². The molecule has 1 heterocycles. The van der Waals surface area contributed by atoms with Crippen molar-refractivity contribution in [3.8, 4) is 5.75 Å². The number of hydrogen-bond acceptors (Lipinski definition) is 7. The van der Waals surface area contributed by atoms with Crippen molar-refractivity contribution < 1.29 is 28.2 Å². The average molecular weight is 522 g/mol. The number of nitrogens with zero attached hydrogens (tertiary/aromatic N) is 1. The zero-order valence-corrected chi connectivity index (χ0v) is 22.4. The maximum absolute atomic E-state index is 13.8. The first kappa shape index (κ1) is 27.4. The Bertz CT molecular complexity index is 1150. The minimum absolute atomic E-state index is 0.0255. The summed E-state index contributed by atoms with van der Waals surface area (Å²) in [4.78, 5) is 14.3. The van der Waals surface area contributed by atoms with E-state index < -0.39 is 33.4 Å². The number of fused-ring (bicyclic) bond motifs is 1. The number of unbranched alkanes of at least 4 members (excludes halogenated alkanes) is 1. The number of aliphatic carboxylic acids is 1. The van der Waals surface area contributed by atoms with Gasteiger partial charge in [-0.1, -0.05) is 44.9 Å². The molecule has 0 amide bonds. The maximum atomic E-state index is 13.8. The van der Waals surface area contributed by atoms with Gasteiger partial charge in [0.1, 0.15) is 12.4 Å². The summed E-state index contributed by atoms with van der Waals surface area (Å²) in [5.74, 6) is -1.14. The Morgan fingerprint density at radius 1 is 1.23 bits per heavy atom. The van der Waals surface area contributed by atoms with E-state index in [1.807, 2.05) is 36.6 Å². The van der Waals surface area contributed by atoms with Crippen LogP contribution in [0.15, 0.2) is 52.3 Å². The number of hydrogen-bond donors (Lipinski definition) is 2. The molecule has 0 radical (unpaired) electrons. The Morgan fingerprint density at radius 3 is 2.49 bits per heavy atom. The number of thioether (sulfide) groups is 1. The molecule has 2 aromatic carbocycles. The first-order valence-corrected chi connectivity index (χ1v) is 14.7. The highest BCUT2D eigenvalue weighted by molar-refractivity contribution is 7.98. The van der Waals surface area contributed by atoms with Crippen molar-refractivity contribution in [2.24, 2.45) is 5.41 Å². The Labute approximate surface area is 212 Å². The topological polar surface area (TPSA) is 104 Å². The summed E-state index contributed by atoms with van der Waals surface area (Å²) in [6, 6.07) is 13.1. The number of ether oxygens (including phenoxy) is 1. The van der Waals surface area contributed by atoms with E-state index in [4.69, 9.17) is 4.74 Å². The number of aliphatic hydroxyl groups is 1. The Balaban J connectivity index is 2.19. The number of sulfone groups is 1. The minimum atomic E-state index is -3.70. The summed E-state index contributed by atoms with van der Waals surface area (Å²) in [5, 5.41) is 19.4. The van der Waals surface area contributed by atoms with Crippen LogP contribution in [0.2, 0.25) is 0 Å². The first-order valence-electron chi connectivity index (χ1n) is 11.8. The highest BCUT2D eigenvalue weighted by Gasteiger charge is 2.42. The minimum Gasteiger partial charge on any atom is -0.489 e. The second-order valence-electron chi connectivity index (χ2n) is 9.48. The van der Waals surface area contributed by atoms with Crippen LogP contribution in [0, 0.1) is 5.41 Å². The summed E-state index contributed by atoms with van der Waals surface area (Å²) in [5.41, 5.74) is -1.02. The standard InChI is InChI=1S/C26H35NO6S2/c1-5-7-13-26(6-2)16-27(19-11-9-8-10-12-19)20-14-22(34-4)21(15-23(20)35(31,32)18-26)33-17-25(3,30)24(28)29/h8-12,14-15,30H,5-7,13,16-18H2,1-4H3,(H,28,29)/t25-,26?/m0/s1. The lowest BCUT2D eigenvalue weighted by molar-refractivity contribution is -0.159. The molecule has 1 unspecified atom stereocenters. The normalized spacial score (nSPS) is 21.0. The predicted octanol–water partition coefficient (Wildman–Crippen LogP) is 5.13. The third-order valence-corrected chi connectivity index (χ3v) is 9.46. The van der Waals surface area contributed by atoms with Crippen LogP contribution < -0.4 is 9.64 Å². The van der Waals surface area contributed by atoms with Crippen LogP contribution in [0.3, 0.4) is 0 Å². The second-order valence-corrected chi connectivity index (χ2v) is 12.3. The molecule has 0 fully saturated rings. The highest BCUT2D eigenvalue weighted by atomic mass is 32.2. The molecular formula is C26H35NO6S2. The molecule has 1 aliphatic rings. The zero-order chi connectivity index (χ0) is 25.9. The Hall–Kier alpha value is -2.23. The van der Waals surface area contributed by atoms with Crippen LogP contribution >= 0.6 is 11.8 Å². The average Bonchev–Trinajstić information content (AvgIpc) is 2.93. The second kappa shape index (κ2) is 10.8.